The van der Waals surface area contributed by atoms with Crippen molar-refractivity contribution in [2.24, 2.45) is 0 Å². The average molecular weight is 1000 g/mol. The molecule has 10 rings (SSSR count). The van der Waals surface area contributed by atoms with Gasteiger partial charge in [-0.2, -0.15) is 26.3 Å². The summed E-state index contributed by atoms with van der Waals surface area (Å²) in [5, 5.41) is 13.7. The fourth-order valence-corrected chi connectivity index (χ4v) is 7.82. The van der Waals surface area contributed by atoms with Crippen molar-refractivity contribution in [3.8, 4) is 66.4 Å². The Morgan fingerprint density at radius 1 is 0.403 bits per heavy atom. The number of thiophene rings is 1. The largest absolute Gasteiger partial charge is 2.00 e. The smallest absolute Gasteiger partial charge is 0.573 e. The molecular formula is C50H31F6N9RuS. The predicted octanol–water partition coefficient (Wildman–Crippen LogP) is 13.2. The van der Waals surface area contributed by atoms with E-state index in [1.54, 1.807) is 12.4 Å². The van der Waals surface area contributed by atoms with Crippen molar-refractivity contribution >= 4 is 28.4 Å². The Kier molecular flexibility index (Phi) is 13.6. The van der Waals surface area contributed by atoms with E-state index >= 15 is 0 Å². The van der Waals surface area contributed by atoms with Crippen molar-refractivity contribution in [1.82, 2.24) is 40.3 Å². The average Bonchev–Trinajstić information content (AvgIpc) is 4.17. The van der Waals surface area contributed by atoms with Crippen LogP contribution in [0.25, 0.3) is 66.4 Å². The standard InChI is InChI=1S/C35H20F6N6S.C15H11N3.Ru/c36-34(37,38)32-19-28(43-45-32)26-17-22(18-27(42-26)29-20-33(46-44-29)35(39,40)41)31-16-15-30(48-31)21-11-13-25(14-12-21)47(23-7-3-1-4-8-23)24-9-5-2-6-10-24;1-3-10-16-12(6-1)14-8-5-9-15(18-14)13-7-2-4-11-17-13;/h1-20H;1-11H;/q-2;;+2. The van der Waals surface area contributed by atoms with E-state index in [4.69, 9.17) is 0 Å². The number of benzene rings is 3. The normalized spacial score (nSPS) is 11.3. The second-order valence-electron chi connectivity index (χ2n) is 14.4. The molecule has 7 heterocycles. The minimum atomic E-state index is -4.73. The number of aromatic nitrogens is 8. The van der Waals surface area contributed by atoms with Gasteiger partial charge in [0, 0.05) is 39.2 Å². The van der Waals surface area contributed by atoms with Gasteiger partial charge in [0.15, 0.2) is 0 Å². The number of alkyl halides is 6. The van der Waals surface area contributed by atoms with E-state index in [-0.39, 0.29) is 42.3 Å². The van der Waals surface area contributed by atoms with Crippen LogP contribution in [-0.4, -0.2) is 30.1 Å². The van der Waals surface area contributed by atoms with Gasteiger partial charge >= 0.3 is 31.8 Å². The van der Waals surface area contributed by atoms with Crippen LogP contribution in [0.2, 0.25) is 0 Å². The van der Waals surface area contributed by atoms with Crippen molar-refractivity contribution < 1.29 is 45.8 Å². The van der Waals surface area contributed by atoms with E-state index in [2.05, 4.69) is 45.2 Å². The Morgan fingerprint density at radius 2 is 0.821 bits per heavy atom. The molecule has 7 aromatic heterocycles. The maximum atomic E-state index is 13.3. The fraction of sp³-hybridized carbons (Fsp3) is 0.0400. The van der Waals surface area contributed by atoms with E-state index < -0.39 is 23.7 Å². The first kappa shape index (κ1) is 45.9. The van der Waals surface area contributed by atoms with Crippen molar-refractivity contribution in [2.45, 2.75) is 12.4 Å². The molecule has 0 spiro atoms. The number of hydrogen-bond acceptors (Lipinski definition) is 8. The van der Waals surface area contributed by atoms with E-state index in [9.17, 15) is 26.3 Å². The molecule has 0 saturated heterocycles. The van der Waals surface area contributed by atoms with Crippen molar-refractivity contribution in [3.63, 3.8) is 0 Å². The monoisotopic (exact) mass is 1010 g/mol. The number of nitrogens with zero attached hydrogens (tertiary/aromatic N) is 9. The first-order valence-corrected chi connectivity index (χ1v) is 20.9. The van der Waals surface area contributed by atoms with Crippen LogP contribution in [0.15, 0.2) is 188 Å². The van der Waals surface area contributed by atoms with Gasteiger partial charge in [0.1, 0.15) is 11.4 Å². The minimum absolute atomic E-state index is 0. The summed E-state index contributed by atoms with van der Waals surface area (Å²) in [4.78, 5) is 21.2. The predicted molar refractivity (Wildman–Crippen MR) is 241 cm³/mol. The molecule has 0 N–H and O–H groups in total. The van der Waals surface area contributed by atoms with Crippen LogP contribution in [0.3, 0.4) is 0 Å². The van der Waals surface area contributed by atoms with Crippen LogP contribution in [0, 0.1) is 0 Å². The van der Waals surface area contributed by atoms with Crippen molar-refractivity contribution in [2.75, 3.05) is 4.90 Å². The quantitative estimate of drug-likeness (QED) is 0.103. The van der Waals surface area contributed by atoms with Gasteiger partial charge in [-0.15, -0.1) is 11.3 Å². The molecule has 0 aliphatic carbocycles. The fourth-order valence-electron chi connectivity index (χ4n) is 6.83. The summed E-state index contributed by atoms with van der Waals surface area (Å²) in [5.74, 6) is 0. The third kappa shape index (κ3) is 10.8. The first-order valence-electron chi connectivity index (χ1n) is 20.0. The molecule has 0 atom stereocenters. The van der Waals surface area contributed by atoms with Gasteiger partial charge in [0.2, 0.25) is 0 Å². The molecule has 0 saturated carbocycles. The van der Waals surface area contributed by atoms with Crippen LogP contribution in [-0.2, 0) is 31.8 Å². The summed E-state index contributed by atoms with van der Waals surface area (Å²) in [5.41, 5.74) is 4.99. The summed E-state index contributed by atoms with van der Waals surface area (Å²) < 4.78 is 79.7. The topological polar surface area (TPSA) is 109 Å². The van der Waals surface area contributed by atoms with Gasteiger partial charge in [0.05, 0.1) is 34.2 Å². The first-order chi connectivity index (χ1) is 32.0. The van der Waals surface area contributed by atoms with Crippen LogP contribution >= 0.6 is 11.3 Å². The zero-order valence-electron chi connectivity index (χ0n) is 34.5. The number of anilines is 3. The van der Waals surface area contributed by atoms with E-state index in [0.29, 0.717) is 10.4 Å². The minimum Gasteiger partial charge on any atom is -0.573 e. The number of rotatable bonds is 9. The summed E-state index contributed by atoms with van der Waals surface area (Å²) in [7, 11) is 0. The second kappa shape index (κ2) is 19.9. The number of pyridine rings is 4. The third-order valence-corrected chi connectivity index (χ3v) is 11.1. The number of hydrogen-bond donors (Lipinski definition) is 0. The molecule has 0 aliphatic heterocycles. The molecule has 0 fully saturated rings. The summed E-state index contributed by atoms with van der Waals surface area (Å²) in [6.07, 6.45) is -5.93. The molecule has 17 heteroatoms. The SMILES string of the molecule is FC(F)(F)c1cc(-c2cc(-c3ccc(-c4ccc(N(c5ccccc5)c5ccccc5)cc4)s3)cc(-c3cc(C(F)(F)F)n[n-]3)n2)[n-]n1.[Ru+2].c1ccc(-c2cccc(-c3ccccn3)n2)nc1. The Hall–Kier alpha value is -7.62. The van der Waals surface area contributed by atoms with E-state index in [1.165, 1.54) is 23.5 Å². The van der Waals surface area contributed by atoms with Crippen LogP contribution in [0.5, 0.6) is 0 Å². The van der Waals surface area contributed by atoms with Gasteiger partial charge in [-0.25, -0.2) is 4.98 Å². The van der Waals surface area contributed by atoms with Gasteiger partial charge in [0.25, 0.3) is 0 Å². The van der Waals surface area contributed by atoms with Gasteiger partial charge in [-0.05, 0) is 120 Å². The molecule has 0 radical (unpaired) electrons. The summed E-state index contributed by atoms with van der Waals surface area (Å²) >= 11 is 1.40. The van der Waals surface area contributed by atoms with Crippen molar-refractivity contribution in [3.05, 3.63) is 200 Å². The van der Waals surface area contributed by atoms with Crippen LogP contribution in [0.1, 0.15) is 11.4 Å². The Morgan fingerprint density at radius 3 is 1.25 bits per heavy atom. The van der Waals surface area contributed by atoms with Crippen molar-refractivity contribution in [1.29, 1.82) is 0 Å². The van der Waals surface area contributed by atoms with Gasteiger partial charge in [-0.3, -0.25) is 15.0 Å². The molecule has 0 aliphatic rings. The molecule has 67 heavy (non-hydrogen) atoms. The molecule has 0 bridgehead atoms. The van der Waals surface area contributed by atoms with Gasteiger partial charge < -0.3 is 25.3 Å². The zero-order chi connectivity index (χ0) is 45.7. The maximum absolute atomic E-state index is 13.3. The molecule has 332 valence electrons. The number of halogens is 6. The van der Waals surface area contributed by atoms with Crippen LogP contribution < -0.4 is 15.1 Å². The van der Waals surface area contributed by atoms with Crippen LogP contribution in [0.4, 0.5) is 43.4 Å². The molecule has 3 aromatic carbocycles. The van der Waals surface area contributed by atoms with Gasteiger partial charge in [-0.1, -0.05) is 78.1 Å². The Bertz CT molecular complexity index is 3020. The Labute approximate surface area is 396 Å². The molecular weight excluding hydrogens is 974 g/mol. The Balaban J connectivity index is 0.000000267. The number of para-hydroxylation sites is 2. The maximum Gasteiger partial charge on any atom is 2.00 e. The molecule has 0 unspecified atom stereocenters. The zero-order valence-corrected chi connectivity index (χ0v) is 37.0. The molecule has 0 amide bonds. The summed E-state index contributed by atoms with van der Waals surface area (Å²) in [6.45, 7) is 0. The third-order valence-electron chi connectivity index (χ3n) is 9.94. The van der Waals surface area contributed by atoms with E-state index in [1.807, 2.05) is 152 Å². The molecule has 10 aromatic rings. The molecule has 9 nitrogen and oxygen atoms in total. The summed E-state index contributed by atoms with van der Waals surface area (Å²) in [6, 6.07) is 53.6. The second-order valence-corrected chi connectivity index (χ2v) is 15.5. The van der Waals surface area contributed by atoms with E-state index in [0.717, 1.165) is 62.4 Å².